The number of amides is 2. The minimum Gasteiger partial charge on any atom is -0.333 e. The van der Waals surface area contributed by atoms with Gasteiger partial charge in [0.05, 0.1) is 5.75 Å². The zero-order valence-electron chi connectivity index (χ0n) is 12.7. The summed E-state index contributed by atoms with van der Waals surface area (Å²) in [4.78, 5) is 11.9. The Kier molecular flexibility index (Phi) is 5.87. The van der Waals surface area contributed by atoms with Crippen molar-refractivity contribution >= 4 is 21.6 Å². The van der Waals surface area contributed by atoms with Gasteiger partial charge in [0.1, 0.15) is 9.84 Å². The SMILES string of the molecule is CC(C)(CCS(C)(=O)=O)NC(=O)Nc1cccc(C(F)F)c1. The molecule has 22 heavy (non-hydrogen) atoms. The molecule has 2 amide bonds. The van der Waals surface area contributed by atoms with Gasteiger partial charge in [-0.1, -0.05) is 12.1 Å². The molecule has 5 nitrogen and oxygen atoms in total. The lowest BCUT2D eigenvalue weighted by molar-refractivity contribution is 0.151. The molecule has 0 heterocycles. The number of carbonyl (C=O) groups excluding carboxylic acids is 1. The summed E-state index contributed by atoms with van der Waals surface area (Å²) in [5, 5.41) is 5.08. The van der Waals surface area contributed by atoms with Crippen molar-refractivity contribution in [2.24, 2.45) is 0 Å². The van der Waals surface area contributed by atoms with E-state index in [0.717, 1.165) is 6.26 Å². The first-order chi connectivity index (χ1) is 9.98. The van der Waals surface area contributed by atoms with E-state index < -0.39 is 27.8 Å². The molecule has 0 saturated heterocycles. The van der Waals surface area contributed by atoms with Crippen LogP contribution in [0, 0.1) is 0 Å². The molecule has 0 aliphatic rings. The molecule has 8 heteroatoms. The third-order valence-corrected chi connectivity index (χ3v) is 3.89. The monoisotopic (exact) mass is 334 g/mol. The van der Waals surface area contributed by atoms with E-state index in [-0.39, 0.29) is 23.4 Å². The van der Waals surface area contributed by atoms with Crippen LogP contribution >= 0.6 is 0 Å². The first-order valence-electron chi connectivity index (χ1n) is 6.63. The summed E-state index contributed by atoms with van der Waals surface area (Å²) in [5.41, 5.74) is -0.684. The number of urea groups is 1. The molecule has 0 aliphatic carbocycles. The number of halogens is 2. The Morgan fingerprint density at radius 3 is 2.50 bits per heavy atom. The van der Waals surface area contributed by atoms with Crippen molar-refractivity contribution in [3.63, 3.8) is 0 Å². The number of hydrogen-bond donors (Lipinski definition) is 2. The van der Waals surface area contributed by atoms with Gasteiger partial charge in [0.25, 0.3) is 6.43 Å². The summed E-state index contributed by atoms with van der Waals surface area (Å²) in [7, 11) is -3.12. The summed E-state index contributed by atoms with van der Waals surface area (Å²) >= 11 is 0. The molecule has 124 valence electrons. The first-order valence-corrected chi connectivity index (χ1v) is 8.69. The number of rotatable bonds is 6. The molecule has 0 unspecified atom stereocenters. The molecule has 0 atom stereocenters. The summed E-state index contributed by atoms with van der Waals surface area (Å²) in [5.74, 6) is -0.0544. The molecule has 0 aromatic heterocycles. The van der Waals surface area contributed by atoms with Crippen LogP contribution in [0.25, 0.3) is 0 Å². The number of carbonyl (C=O) groups is 1. The highest BCUT2D eigenvalue weighted by atomic mass is 32.2. The maximum absolute atomic E-state index is 12.6. The predicted molar refractivity (Wildman–Crippen MR) is 82.0 cm³/mol. The minimum absolute atomic E-state index is 0.0544. The van der Waals surface area contributed by atoms with E-state index in [2.05, 4.69) is 10.6 Å². The molecule has 1 aromatic carbocycles. The fraction of sp³-hybridized carbons (Fsp3) is 0.500. The van der Waals surface area contributed by atoms with Crippen molar-refractivity contribution < 1.29 is 22.0 Å². The normalized spacial score (nSPS) is 12.3. The van der Waals surface area contributed by atoms with Gasteiger partial charge in [-0.05, 0) is 32.4 Å². The Labute approximate surface area is 129 Å². The van der Waals surface area contributed by atoms with Crippen molar-refractivity contribution in [1.82, 2.24) is 5.32 Å². The van der Waals surface area contributed by atoms with Crippen LogP contribution in [0.5, 0.6) is 0 Å². The summed E-state index contributed by atoms with van der Waals surface area (Å²) < 4.78 is 47.5. The van der Waals surface area contributed by atoms with Gasteiger partial charge in [0.15, 0.2) is 0 Å². The number of anilines is 1. The third-order valence-electron chi connectivity index (χ3n) is 2.95. The lowest BCUT2D eigenvalue weighted by atomic mass is 10.0. The molecule has 0 fully saturated rings. The van der Waals surface area contributed by atoms with E-state index >= 15 is 0 Å². The largest absolute Gasteiger partial charge is 0.333 e. The molecule has 2 N–H and O–H groups in total. The van der Waals surface area contributed by atoms with Crippen LogP contribution in [0.1, 0.15) is 32.3 Å². The standard InChI is InChI=1S/C14H20F2N2O3S/c1-14(2,7-8-22(3,20)21)18-13(19)17-11-6-4-5-10(9-11)12(15)16/h4-6,9,12H,7-8H2,1-3H3,(H2,17,18,19). The fourth-order valence-electron chi connectivity index (χ4n) is 1.72. The number of nitrogens with one attached hydrogen (secondary N) is 2. The van der Waals surface area contributed by atoms with Crippen LogP contribution in [-0.2, 0) is 9.84 Å². The van der Waals surface area contributed by atoms with E-state index in [1.807, 2.05) is 0 Å². The molecule has 0 bridgehead atoms. The van der Waals surface area contributed by atoms with Gasteiger partial charge < -0.3 is 10.6 Å². The number of hydrogen-bond acceptors (Lipinski definition) is 3. The lowest BCUT2D eigenvalue weighted by Crippen LogP contribution is -2.46. The third kappa shape index (κ3) is 6.84. The number of alkyl halides is 2. The minimum atomic E-state index is -3.12. The van der Waals surface area contributed by atoms with Gasteiger partial charge >= 0.3 is 6.03 Å². The van der Waals surface area contributed by atoms with Gasteiger partial charge in [-0.25, -0.2) is 22.0 Å². The molecule has 0 radical (unpaired) electrons. The highest BCUT2D eigenvalue weighted by Crippen LogP contribution is 2.21. The second-order valence-electron chi connectivity index (χ2n) is 5.77. The second-order valence-corrected chi connectivity index (χ2v) is 8.03. The van der Waals surface area contributed by atoms with E-state index in [1.54, 1.807) is 13.8 Å². The van der Waals surface area contributed by atoms with E-state index in [9.17, 15) is 22.0 Å². The van der Waals surface area contributed by atoms with Crippen molar-refractivity contribution in [1.29, 1.82) is 0 Å². The van der Waals surface area contributed by atoms with Gasteiger partial charge in [0.2, 0.25) is 0 Å². The average Bonchev–Trinajstić information content (AvgIpc) is 2.35. The van der Waals surface area contributed by atoms with E-state index in [0.29, 0.717) is 0 Å². The zero-order chi connectivity index (χ0) is 17.0. The average molecular weight is 334 g/mol. The van der Waals surface area contributed by atoms with Crippen molar-refractivity contribution in [3.8, 4) is 0 Å². The smallest absolute Gasteiger partial charge is 0.319 e. The van der Waals surface area contributed by atoms with Gasteiger partial charge in [0, 0.05) is 23.0 Å². The van der Waals surface area contributed by atoms with Gasteiger partial charge in [-0.2, -0.15) is 0 Å². The number of benzene rings is 1. The Balaban J connectivity index is 2.64. The molecular formula is C14H20F2N2O3S. The highest BCUT2D eigenvalue weighted by molar-refractivity contribution is 7.90. The van der Waals surface area contributed by atoms with Crippen molar-refractivity contribution in [2.75, 3.05) is 17.3 Å². The maximum Gasteiger partial charge on any atom is 0.319 e. The topological polar surface area (TPSA) is 75.3 Å². The highest BCUT2D eigenvalue weighted by Gasteiger charge is 2.22. The quantitative estimate of drug-likeness (QED) is 0.840. The molecule has 1 rings (SSSR count). The molecule has 0 saturated carbocycles. The molecule has 0 spiro atoms. The lowest BCUT2D eigenvalue weighted by Gasteiger charge is -2.26. The number of sulfone groups is 1. The van der Waals surface area contributed by atoms with Gasteiger partial charge in [-0.3, -0.25) is 0 Å². The maximum atomic E-state index is 12.6. The predicted octanol–water partition coefficient (Wildman–Crippen LogP) is 2.96. The Bertz CT molecular complexity index is 631. The Hall–Kier alpha value is -1.70. The van der Waals surface area contributed by atoms with Crippen LogP contribution in [0.15, 0.2) is 24.3 Å². The molecule has 1 aromatic rings. The van der Waals surface area contributed by atoms with Crippen molar-refractivity contribution in [3.05, 3.63) is 29.8 Å². The Morgan fingerprint density at radius 1 is 1.32 bits per heavy atom. The Morgan fingerprint density at radius 2 is 1.95 bits per heavy atom. The second kappa shape index (κ2) is 7.04. The summed E-state index contributed by atoms with van der Waals surface area (Å²) in [6, 6.07) is 4.79. The van der Waals surface area contributed by atoms with Crippen LogP contribution in [-0.4, -0.2) is 32.0 Å². The molecule has 0 aliphatic heterocycles. The van der Waals surface area contributed by atoms with Crippen LogP contribution in [0.4, 0.5) is 19.3 Å². The first kappa shape index (κ1) is 18.3. The zero-order valence-corrected chi connectivity index (χ0v) is 13.5. The van der Waals surface area contributed by atoms with E-state index in [1.165, 1.54) is 24.3 Å². The van der Waals surface area contributed by atoms with Crippen LogP contribution in [0.3, 0.4) is 0 Å². The summed E-state index contributed by atoms with van der Waals surface area (Å²) in [6.45, 7) is 3.38. The van der Waals surface area contributed by atoms with Crippen LogP contribution in [0.2, 0.25) is 0 Å². The van der Waals surface area contributed by atoms with E-state index in [4.69, 9.17) is 0 Å². The summed E-state index contributed by atoms with van der Waals surface area (Å²) in [6.07, 6.45) is -1.24. The molecular weight excluding hydrogens is 314 g/mol. The van der Waals surface area contributed by atoms with Gasteiger partial charge in [-0.15, -0.1) is 0 Å². The van der Waals surface area contributed by atoms with Crippen LogP contribution < -0.4 is 10.6 Å². The fourth-order valence-corrected chi connectivity index (χ4v) is 2.61. The van der Waals surface area contributed by atoms with Crippen molar-refractivity contribution in [2.45, 2.75) is 32.2 Å².